The molecule has 0 saturated heterocycles. The normalized spacial score (nSPS) is 12.3. The van der Waals surface area contributed by atoms with Crippen molar-refractivity contribution in [3.63, 3.8) is 0 Å². The molecular formula is C14H12BrClF2N2O. The Labute approximate surface area is 134 Å². The predicted octanol–water partition coefficient (Wildman–Crippen LogP) is 3.94. The molecule has 2 aromatic rings. The van der Waals surface area contributed by atoms with Gasteiger partial charge in [0.05, 0.1) is 18.2 Å². The number of nitrogens with one attached hydrogen (secondary N) is 1. The van der Waals surface area contributed by atoms with Gasteiger partial charge in [0.25, 0.3) is 0 Å². The first-order valence-electron chi connectivity index (χ1n) is 5.92. The Hall–Kier alpha value is -1.21. The standard InChI is InChI=1S/C14H12BrClF2N2O/c1-21-11-5-2-7(6-10(11)17)14(20-19)8-3-4-9(15)12(16)13(8)18/h2-6,14,20H,19H2,1H3. The number of nitrogens with two attached hydrogens (primary N) is 1. The van der Waals surface area contributed by atoms with E-state index in [4.69, 9.17) is 22.2 Å². The zero-order chi connectivity index (χ0) is 15.6. The smallest absolute Gasteiger partial charge is 0.165 e. The van der Waals surface area contributed by atoms with Gasteiger partial charge in [-0.25, -0.2) is 14.2 Å². The molecule has 0 saturated carbocycles. The maximum atomic E-state index is 14.3. The van der Waals surface area contributed by atoms with Crippen LogP contribution in [0.25, 0.3) is 0 Å². The van der Waals surface area contributed by atoms with Crippen molar-refractivity contribution in [2.45, 2.75) is 6.04 Å². The summed E-state index contributed by atoms with van der Waals surface area (Å²) in [6.07, 6.45) is 0. The Morgan fingerprint density at radius 2 is 2.00 bits per heavy atom. The lowest BCUT2D eigenvalue weighted by atomic mass is 9.98. The molecule has 7 heteroatoms. The summed E-state index contributed by atoms with van der Waals surface area (Å²) in [5.41, 5.74) is 3.14. The molecule has 0 amide bonds. The molecule has 0 aliphatic carbocycles. The molecule has 112 valence electrons. The highest BCUT2D eigenvalue weighted by Crippen LogP contribution is 2.33. The molecule has 3 nitrogen and oxygen atoms in total. The summed E-state index contributed by atoms with van der Waals surface area (Å²) in [4.78, 5) is 0. The minimum absolute atomic E-state index is 0.0540. The van der Waals surface area contributed by atoms with E-state index in [1.807, 2.05) is 0 Å². The largest absolute Gasteiger partial charge is 0.494 e. The summed E-state index contributed by atoms with van der Waals surface area (Å²) in [6, 6.07) is 6.67. The first kappa shape index (κ1) is 16.2. The zero-order valence-corrected chi connectivity index (χ0v) is 13.3. The van der Waals surface area contributed by atoms with E-state index in [2.05, 4.69) is 21.4 Å². The van der Waals surface area contributed by atoms with Crippen molar-refractivity contribution in [3.05, 3.63) is 62.6 Å². The summed E-state index contributed by atoms with van der Waals surface area (Å²) < 4.78 is 33.3. The second-order valence-corrected chi connectivity index (χ2v) is 5.49. The Kier molecular flexibility index (Phi) is 5.16. The van der Waals surface area contributed by atoms with Gasteiger partial charge >= 0.3 is 0 Å². The molecule has 0 heterocycles. The van der Waals surface area contributed by atoms with Crippen molar-refractivity contribution in [3.8, 4) is 5.75 Å². The lowest BCUT2D eigenvalue weighted by molar-refractivity contribution is 0.385. The van der Waals surface area contributed by atoms with Crippen LogP contribution in [-0.4, -0.2) is 7.11 Å². The highest BCUT2D eigenvalue weighted by Gasteiger charge is 2.21. The fourth-order valence-electron chi connectivity index (χ4n) is 1.99. The van der Waals surface area contributed by atoms with Crippen LogP contribution < -0.4 is 16.0 Å². The fourth-order valence-corrected chi connectivity index (χ4v) is 2.47. The molecule has 2 aromatic carbocycles. The molecular weight excluding hydrogens is 366 g/mol. The minimum Gasteiger partial charge on any atom is -0.494 e. The van der Waals surface area contributed by atoms with Crippen LogP contribution in [-0.2, 0) is 0 Å². The van der Waals surface area contributed by atoms with Crippen LogP contribution in [0.2, 0.25) is 5.02 Å². The van der Waals surface area contributed by atoms with Crippen LogP contribution in [0.15, 0.2) is 34.8 Å². The summed E-state index contributed by atoms with van der Waals surface area (Å²) in [5, 5.41) is -0.0540. The van der Waals surface area contributed by atoms with Gasteiger partial charge in [-0.15, -0.1) is 0 Å². The molecule has 3 N–H and O–H groups in total. The van der Waals surface area contributed by atoms with Gasteiger partial charge in [-0.1, -0.05) is 23.7 Å². The predicted molar refractivity (Wildman–Crippen MR) is 81.2 cm³/mol. The summed E-state index contributed by atoms with van der Waals surface area (Å²) in [6.45, 7) is 0. The van der Waals surface area contributed by atoms with E-state index < -0.39 is 17.7 Å². The third-order valence-corrected chi connectivity index (χ3v) is 4.31. The van der Waals surface area contributed by atoms with E-state index in [1.54, 1.807) is 12.1 Å². The van der Waals surface area contributed by atoms with E-state index in [1.165, 1.54) is 25.3 Å². The number of hydrogen-bond donors (Lipinski definition) is 2. The van der Waals surface area contributed by atoms with E-state index >= 15 is 0 Å². The first-order valence-corrected chi connectivity index (χ1v) is 7.09. The Balaban J connectivity index is 2.50. The second-order valence-electron chi connectivity index (χ2n) is 4.26. The van der Waals surface area contributed by atoms with Crippen molar-refractivity contribution < 1.29 is 13.5 Å². The number of rotatable bonds is 4. The van der Waals surface area contributed by atoms with Gasteiger partial charge < -0.3 is 4.74 Å². The summed E-state index contributed by atoms with van der Waals surface area (Å²) >= 11 is 9.00. The number of benzene rings is 2. The molecule has 0 spiro atoms. The van der Waals surface area contributed by atoms with Gasteiger partial charge in [-0.2, -0.15) is 0 Å². The van der Waals surface area contributed by atoms with Crippen molar-refractivity contribution >= 4 is 27.5 Å². The van der Waals surface area contributed by atoms with Crippen molar-refractivity contribution in [1.82, 2.24) is 5.43 Å². The number of hydrazine groups is 1. The van der Waals surface area contributed by atoms with Crippen molar-refractivity contribution in [2.75, 3.05) is 7.11 Å². The van der Waals surface area contributed by atoms with E-state index in [-0.39, 0.29) is 16.3 Å². The number of hydrogen-bond acceptors (Lipinski definition) is 3. The number of methoxy groups -OCH3 is 1. The SMILES string of the molecule is COc1ccc(C(NN)c2ccc(Br)c(Cl)c2F)cc1F. The quantitative estimate of drug-likeness (QED) is 0.482. The highest BCUT2D eigenvalue weighted by atomic mass is 79.9. The van der Waals surface area contributed by atoms with Crippen LogP contribution in [0.4, 0.5) is 8.78 Å². The van der Waals surface area contributed by atoms with Crippen LogP contribution in [0.3, 0.4) is 0 Å². The van der Waals surface area contributed by atoms with E-state index in [9.17, 15) is 8.78 Å². The maximum Gasteiger partial charge on any atom is 0.165 e. The van der Waals surface area contributed by atoms with Gasteiger partial charge in [0.2, 0.25) is 0 Å². The lowest BCUT2D eigenvalue weighted by Crippen LogP contribution is -2.29. The molecule has 21 heavy (non-hydrogen) atoms. The molecule has 0 aromatic heterocycles. The first-order chi connectivity index (χ1) is 9.99. The van der Waals surface area contributed by atoms with Gasteiger partial charge in [-0.05, 0) is 39.7 Å². The van der Waals surface area contributed by atoms with Gasteiger partial charge in [0.15, 0.2) is 11.6 Å². The van der Waals surface area contributed by atoms with Gasteiger partial charge in [0.1, 0.15) is 5.82 Å². The summed E-state index contributed by atoms with van der Waals surface area (Å²) in [5.74, 6) is 4.41. The highest BCUT2D eigenvalue weighted by molar-refractivity contribution is 9.10. The molecule has 1 unspecified atom stereocenters. The average molecular weight is 378 g/mol. The maximum absolute atomic E-state index is 14.3. The molecule has 0 fully saturated rings. The van der Waals surface area contributed by atoms with Crippen LogP contribution in [0, 0.1) is 11.6 Å². The molecule has 2 rings (SSSR count). The van der Waals surface area contributed by atoms with Crippen molar-refractivity contribution in [2.24, 2.45) is 5.84 Å². The zero-order valence-electron chi connectivity index (χ0n) is 11.0. The van der Waals surface area contributed by atoms with Crippen LogP contribution >= 0.6 is 27.5 Å². The minimum atomic E-state index is -0.740. The number of halogens is 4. The second kappa shape index (κ2) is 6.70. The average Bonchev–Trinajstić information content (AvgIpc) is 2.48. The van der Waals surface area contributed by atoms with Crippen molar-refractivity contribution in [1.29, 1.82) is 0 Å². The molecule has 0 bridgehead atoms. The topological polar surface area (TPSA) is 47.3 Å². The third kappa shape index (κ3) is 3.18. The Bertz CT molecular complexity index is 670. The lowest BCUT2D eigenvalue weighted by Gasteiger charge is -2.19. The Morgan fingerprint density at radius 3 is 2.57 bits per heavy atom. The molecule has 0 radical (unpaired) electrons. The monoisotopic (exact) mass is 376 g/mol. The van der Waals surface area contributed by atoms with E-state index in [0.29, 0.717) is 10.0 Å². The molecule has 0 aliphatic rings. The Morgan fingerprint density at radius 1 is 1.29 bits per heavy atom. The van der Waals surface area contributed by atoms with Crippen LogP contribution in [0.1, 0.15) is 17.2 Å². The fraction of sp³-hybridized carbons (Fsp3) is 0.143. The van der Waals surface area contributed by atoms with Gasteiger partial charge in [-0.3, -0.25) is 5.84 Å². The number of ether oxygens (including phenoxy) is 1. The molecule has 0 aliphatic heterocycles. The van der Waals surface area contributed by atoms with Gasteiger partial charge in [0, 0.05) is 10.0 Å². The van der Waals surface area contributed by atoms with Crippen LogP contribution in [0.5, 0.6) is 5.75 Å². The van der Waals surface area contributed by atoms with E-state index in [0.717, 1.165) is 0 Å². The third-order valence-electron chi connectivity index (χ3n) is 3.05. The molecule has 1 atom stereocenters. The summed E-state index contributed by atoms with van der Waals surface area (Å²) in [7, 11) is 1.37.